The van der Waals surface area contributed by atoms with Gasteiger partial charge in [0.15, 0.2) is 0 Å². The second kappa shape index (κ2) is 5.80. The van der Waals surface area contributed by atoms with E-state index in [2.05, 4.69) is 28.6 Å². The SMILES string of the molecule is C=Cc1cc(CCCN2CCCC2)ccn1. The Hall–Kier alpha value is -1.15. The number of likely N-dealkylation sites (tertiary alicyclic amines) is 1. The fraction of sp³-hybridized carbons (Fsp3) is 0.500. The van der Waals surface area contributed by atoms with Crippen molar-refractivity contribution >= 4 is 6.08 Å². The average molecular weight is 216 g/mol. The van der Waals surface area contributed by atoms with Gasteiger partial charge < -0.3 is 4.90 Å². The molecule has 1 fully saturated rings. The minimum atomic E-state index is 0.985. The predicted octanol–water partition coefficient (Wildman–Crippen LogP) is 2.75. The van der Waals surface area contributed by atoms with Crippen LogP contribution in [0.4, 0.5) is 0 Å². The Morgan fingerprint density at radius 3 is 2.94 bits per heavy atom. The highest BCUT2D eigenvalue weighted by atomic mass is 15.1. The molecule has 1 aliphatic heterocycles. The van der Waals surface area contributed by atoms with E-state index in [1.165, 1.54) is 44.5 Å². The van der Waals surface area contributed by atoms with Gasteiger partial charge in [-0.3, -0.25) is 4.98 Å². The van der Waals surface area contributed by atoms with Crippen molar-refractivity contribution in [2.24, 2.45) is 0 Å². The second-order valence-corrected chi connectivity index (χ2v) is 4.45. The van der Waals surface area contributed by atoms with E-state index in [0.717, 1.165) is 12.1 Å². The van der Waals surface area contributed by atoms with Crippen LogP contribution in [0.3, 0.4) is 0 Å². The van der Waals surface area contributed by atoms with Gasteiger partial charge in [0, 0.05) is 6.20 Å². The van der Waals surface area contributed by atoms with Crippen LogP contribution in [0.2, 0.25) is 0 Å². The van der Waals surface area contributed by atoms with Crippen molar-refractivity contribution in [3.63, 3.8) is 0 Å². The molecule has 0 unspecified atom stereocenters. The number of pyridine rings is 1. The smallest absolute Gasteiger partial charge is 0.0626 e. The fourth-order valence-electron chi connectivity index (χ4n) is 2.27. The molecule has 1 aromatic rings. The van der Waals surface area contributed by atoms with Crippen molar-refractivity contribution in [1.82, 2.24) is 9.88 Å². The fourth-order valence-corrected chi connectivity index (χ4v) is 2.27. The molecule has 2 rings (SSSR count). The summed E-state index contributed by atoms with van der Waals surface area (Å²) in [6, 6.07) is 4.24. The predicted molar refractivity (Wildman–Crippen MR) is 68.3 cm³/mol. The molecule has 0 radical (unpaired) electrons. The summed E-state index contributed by atoms with van der Waals surface area (Å²) in [7, 11) is 0. The lowest BCUT2D eigenvalue weighted by Gasteiger charge is -2.13. The first-order valence-electron chi connectivity index (χ1n) is 6.18. The molecular formula is C14H20N2. The lowest BCUT2D eigenvalue weighted by Crippen LogP contribution is -2.20. The third kappa shape index (κ3) is 3.17. The molecule has 2 heterocycles. The molecule has 1 aliphatic rings. The number of aryl methyl sites for hydroxylation is 1. The van der Waals surface area contributed by atoms with E-state index in [0.29, 0.717) is 0 Å². The van der Waals surface area contributed by atoms with Gasteiger partial charge in [0.1, 0.15) is 0 Å². The summed E-state index contributed by atoms with van der Waals surface area (Å²) in [6.07, 6.45) is 8.86. The monoisotopic (exact) mass is 216 g/mol. The molecule has 0 spiro atoms. The van der Waals surface area contributed by atoms with Gasteiger partial charge in [-0.15, -0.1) is 0 Å². The van der Waals surface area contributed by atoms with Gasteiger partial charge in [-0.05, 0) is 69.1 Å². The van der Waals surface area contributed by atoms with Gasteiger partial charge in [0.05, 0.1) is 5.69 Å². The van der Waals surface area contributed by atoms with E-state index in [1.807, 2.05) is 12.3 Å². The van der Waals surface area contributed by atoms with Gasteiger partial charge in [-0.25, -0.2) is 0 Å². The van der Waals surface area contributed by atoms with Crippen LogP contribution in [0, 0.1) is 0 Å². The molecule has 1 aromatic heterocycles. The minimum Gasteiger partial charge on any atom is -0.303 e. The molecule has 2 heteroatoms. The Balaban J connectivity index is 1.77. The molecule has 0 atom stereocenters. The molecule has 0 N–H and O–H groups in total. The second-order valence-electron chi connectivity index (χ2n) is 4.45. The molecule has 0 saturated carbocycles. The zero-order valence-corrected chi connectivity index (χ0v) is 9.86. The number of hydrogen-bond acceptors (Lipinski definition) is 2. The highest BCUT2D eigenvalue weighted by Gasteiger charge is 2.10. The lowest BCUT2D eigenvalue weighted by atomic mass is 10.1. The lowest BCUT2D eigenvalue weighted by molar-refractivity contribution is 0.334. The molecule has 86 valence electrons. The summed E-state index contributed by atoms with van der Waals surface area (Å²) in [6.45, 7) is 7.59. The standard InChI is InChI=1S/C14H20N2/c1-2-14-12-13(7-8-15-14)6-5-11-16-9-3-4-10-16/h2,7-8,12H,1,3-6,9-11H2. The highest BCUT2D eigenvalue weighted by Crippen LogP contribution is 2.10. The Bertz CT molecular complexity index is 340. The first-order chi connectivity index (χ1) is 7.88. The van der Waals surface area contributed by atoms with Crippen LogP contribution in [0.1, 0.15) is 30.5 Å². The minimum absolute atomic E-state index is 0.985. The normalized spacial score (nSPS) is 16.5. The first kappa shape index (κ1) is 11.3. The molecule has 0 bridgehead atoms. The van der Waals surface area contributed by atoms with Crippen molar-refractivity contribution in [2.45, 2.75) is 25.7 Å². The van der Waals surface area contributed by atoms with Crippen LogP contribution < -0.4 is 0 Å². The number of nitrogens with zero attached hydrogens (tertiary/aromatic N) is 2. The Morgan fingerprint density at radius 2 is 2.19 bits per heavy atom. The van der Waals surface area contributed by atoms with Crippen LogP contribution in [-0.2, 0) is 6.42 Å². The van der Waals surface area contributed by atoms with Gasteiger partial charge in [0.25, 0.3) is 0 Å². The zero-order valence-electron chi connectivity index (χ0n) is 9.86. The maximum atomic E-state index is 4.21. The molecular weight excluding hydrogens is 196 g/mol. The van der Waals surface area contributed by atoms with E-state index in [9.17, 15) is 0 Å². The summed E-state index contributed by atoms with van der Waals surface area (Å²) >= 11 is 0. The topological polar surface area (TPSA) is 16.1 Å². The van der Waals surface area contributed by atoms with E-state index in [-0.39, 0.29) is 0 Å². The highest BCUT2D eigenvalue weighted by molar-refractivity contribution is 5.42. The molecule has 1 saturated heterocycles. The van der Waals surface area contributed by atoms with Gasteiger partial charge in [-0.1, -0.05) is 6.58 Å². The Labute approximate surface area is 98.0 Å². The summed E-state index contributed by atoms with van der Waals surface area (Å²) in [4.78, 5) is 6.78. The van der Waals surface area contributed by atoms with E-state index in [1.54, 1.807) is 0 Å². The number of hydrogen-bond donors (Lipinski definition) is 0. The molecule has 0 aromatic carbocycles. The maximum absolute atomic E-state index is 4.21. The molecule has 0 amide bonds. The van der Waals surface area contributed by atoms with Crippen LogP contribution in [0.25, 0.3) is 6.08 Å². The third-order valence-electron chi connectivity index (χ3n) is 3.19. The summed E-state index contributed by atoms with van der Waals surface area (Å²) in [5.41, 5.74) is 2.36. The summed E-state index contributed by atoms with van der Waals surface area (Å²) in [5, 5.41) is 0. The van der Waals surface area contributed by atoms with Crippen molar-refractivity contribution in [1.29, 1.82) is 0 Å². The van der Waals surface area contributed by atoms with Crippen molar-refractivity contribution in [3.05, 3.63) is 36.2 Å². The third-order valence-corrected chi connectivity index (χ3v) is 3.19. The largest absolute Gasteiger partial charge is 0.303 e. The van der Waals surface area contributed by atoms with E-state index < -0.39 is 0 Å². The van der Waals surface area contributed by atoms with Crippen LogP contribution in [-0.4, -0.2) is 29.5 Å². The van der Waals surface area contributed by atoms with Crippen LogP contribution >= 0.6 is 0 Å². The molecule has 16 heavy (non-hydrogen) atoms. The van der Waals surface area contributed by atoms with E-state index >= 15 is 0 Å². The average Bonchev–Trinajstić information content (AvgIpc) is 2.82. The number of aromatic nitrogens is 1. The molecule has 0 aliphatic carbocycles. The first-order valence-corrected chi connectivity index (χ1v) is 6.18. The van der Waals surface area contributed by atoms with Crippen molar-refractivity contribution in [2.75, 3.05) is 19.6 Å². The summed E-state index contributed by atoms with van der Waals surface area (Å²) < 4.78 is 0. The van der Waals surface area contributed by atoms with Crippen molar-refractivity contribution in [3.8, 4) is 0 Å². The van der Waals surface area contributed by atoms with Crippen molar-refractivity contribution < 1.29 is 0 Å². The van der Waals surface area contributed by atoms with E-state index in [4.69, 9.17) is 0 Å². The van der Waals surface area contributed by atoms with Gasteiger partial charge >= 0.3 is 0 Å². The van der Waals surface area contributed by atoms with Crippen LogP contribution in [0.5, 0.6) is 0 Å². The maximum Gasteiger partial charge on any atom is 0.0626 e. The Kier molecular flexibility index (Phi) is 4.11. The molecule has 2 nitrogen and oxygen atoms in total. The van der Waals surface area contributed by atoms with Crippen LogP contribution in [0.15, 0.2) is 24.9 Å². The zero-order chi connectivity index (χ0) is 11.2. The van der Waals surface area contributed by atoms with Gasteiger partial charge in [0.2, 0.25) is 0 Å². The number of rotatable bonds is 5. The Morgan fingerprint density at radius 1 is 1.38 bits per heavy atom. The van der Waals surface area contributed by atoms with Gasteiger partial charge in [-0.2, -0.15) is 0 Å². The quantitative estimate of drug-likeness (QED) is 0.752. The summed E-state index contributed by atoms with van der Waals surface area (Å²) in [5.74, 6) is 0.